The minimum absolute atomic E-state index is 0.155. The molecule has 0 radical (unpaired) electrons. The lowest BCUT2D eigenvalue weighted by Crippen LogP contribution is -2.42. The maximum atomic E-state index is 11.7. The molecule has 1 heterocycles. The molecule has 0 bridgehead atoms. The van der Waals surface area contributed by atoms with Crippen LogP contribution in [-0.2, 0) is 4.79 Å². The Kier molecular flexibility index (Phi) is 4.29. The number of urea groups is 1. The van der Waals surface area contributed by atoms with Crippen molar-refractivity contribution in [1.82, 2.24) is 5.32 Å². The van der Waals surface area contributed by atoms with Gasteiger partial charge in [-0.05, 0) is 18.6 Å². The van der Waals surface area contributed by atoms with E-state index in [9.17, 15) is 9.59 Å². The molecule has 0 fully saturated rings. The summed E-state index contributed by atoms with van der Waals surface area (Å²) in [6.07, 6.45) is 1.05. The van der Waals surface area contributed by atoms with Gasteiger partial charge in [-0.25, -0.2) is 9.59 Å². The molecule has 1 aromatic rings. The molecule has 2 rings (SSSR count). The number of nitrogens with one attached hydrogen (secondary N) is 2. The number of benzene rings is 1. The van der Waals surface area contributed by atoms with Crippen LogP contribution in [0.15, 0.2) is 18.2 Å². The SMILES string of the molecule is CCC[C@@H](NC(=O)Nc1ccc2c(c1)OCO2)C(=O)O. The number of hydrogen-bond acceptors (Lipinski definition) is 4. The summed E-state index contributed by atoms with van der Waals surface area (Å²) in [6.45, 7) is 2.01. The highest BCUT2D eigenvalue weighted by Gasteiger charge is 2.19. The zero-order valence-corrected chi connectivity index (χ0v) is 11.0. The predicted molar refractivity (Wildman–Crippen MR) is 71.1 cm³/mol. The second-order valence-corrected chi connectivity index (χ2v) is 4.35. The van der Waals surface area contributed by atoms with E-state index in [1.54, 1.807) is 18.2 Å². The van der Waals surface area contributed by atoms with Gasteiger partial charge in [-0.15, -0.1) is 0 Å². The first-order chi connectivity index (χ1) is 9.60. The summed E-state index contributed by atoms with van der Waals surface area (Å²) < 4.78 is 10.3. The van der Waals surface area contributed by atoms with E-state index in [4.69, 9.17) is 14.6 Å². The average molecular weight is 280 g/mol. The normalized spacial score (nSPS) is 13.7. The van der Waals surface area contributed by atoms with Gasteiger partial charge in [0.2, 0.25) is 6.79 Å². The second-order valence-electron chi connectivity index (χ2n) is 4.35. The number of carbonyl (C=O) groups is 2. The highest BCUT2D eigenvalue weighted by Crippen LogP contribution is 2.34. The molecule has 0 saturated carbocycles. The highest BCUT2D eigenvalue weighted by atomic mass is 16.7. The monoisotopic (exact) mass is 280 g/mol. The lowest BCUT2D eigenvalue weighted by Gasteiger charge is -2.14. The first-order valence-corrected chi connectivity index (χ1v) is 6.30. The molecule has 0 spiro atoms. The Balaban J connectivity index is 1.95. The van der Waals surface area contributed by atoms with Crippen molar-refractivity contribution in [2.45, 2.75) is 25.8 Å². The molecule has 0 aromatic heterocycles. The van der Waals surface area contributed by atoms with Gasteiger partial charge in [-0.2, -0.15) is 0 Å². The quantitative estimate of drug-likeness (QED) is 0.764. The van der Waals surface area contributed by atoms with Crippen LogP contribution in [0.2, 0.25) is 0 Å². The van der Waals surface area contributed by atoms with Gasteiger partial charge >= 0.3 is 12.0 Å². The molecule has 7 heteroatoms. The number of aliphatic carboxylic acids is 1. The van der Waals surface area contributed by atoms with Crippen molar-refractivity contribution in [3.05, 3.63) is 18.2 Å². The average Bonchev–Trinajstić information content (AvgIpc) is 2.85. The van der Waals surface area contributed by atoms with E-state index in [0.717, 1.165) is 0 Å². The van der Waals surface area contributed by atoms with E-state index in [1.165, 1.54) is 0 Å². The topological polar surface area (TPSA) is 96.9 Å². The number of carboxylic acids is 1. The fraction of sp³-hybridized carbons (Fsp3) is 0.385. The molecular formula is C13H16N2O5. The Hall–Kier alpha value is -2.44. The van der Waals surface area contributed by atoms with Crippen LogP contribution in [0.5, 0.6) is 11.5 Å². The molecule has 0 aliphatic carbocycles. The summed E-state index contributed by atoms with van der Waals surface area (Å²) in [7, 11) is 0. The van der Waals surface area contributed by atoms with Crippen LogP contribution in [0.4, 0.5) is 10.5 Å². The lowest BCUT2D eigenvalue weighted by atomic mass is 10.2. The van der Waals surface area contributed by atoms with E-state index < -0.39 is 18.0 Å². The zero-order chi connectivity index (χ0) is 14.5. The molecule has 20 heavy (non-hydrogen) atoms. The molecule has 0 unspecified atom stereocenters. The summed E-state index contributed by atoms with van der Waals surface area (Å²) in [4.78, 5) is 22.7. The van der Waals surface area contributed by atoms with Crippen LogP contribution in [0.1, 0.15) is 19.8 Å². The van der Waals surface area contributed by atoms with E-state index in [-0.39, 0.29) is 6.79 Å². The minimum Gasteiger partial charge on any atom is -0.480 e. The number of rotatable bonds is 5. The van der Waals surface area contributed by atoms with Gasteiger partial charge in [0.1, 0.15) is 6.04 Å². The fourth-order valence-electron chi connectivity index (χ4n) is 1.85. The third-order valence-corrected chi connectivity index (χ3v) is 2.81. The summed E-state index contributed by atoms with van der Waals surface area (Å²) in [5.74, 6) is 0.115. The molecule has 7 nitrogen and oxygen atoms in total. The summed E-state index contributed by atoms with van der Waals surface area (Å²) in [6, 6.07) is 3.50. The van der Waals surface area contributed by atoms with E-state index in [0.29, 0.717) is 30.0 Å². The molecular weight excluding hydrogens is 264 g/mol. The Bertz CT molecular complexity index is 517. The van der Waals surface area contributed by atoms with Crippen LogP contribution >= 0.6 is 0 Å². The molecule has 1 aliphatic heterocycles. The first-order valence-electron chi connectivity index (χ1n) is 6.30. The molecule has 2 amide bonds. The van der Waals surface area contributed by atoms with Crippen molar-refractivity contribution >= 4 is 17.7 Å². The number of fused-ring (bicyclic) bond motifs is 1. The molecule has 0 saturated heterocycles. The summed E-state index contributed by atoms with van der Waals surface area (Å²) in [5.41, 5.74) is 0.507. The fourth-order valence-corrected chi connectivity index (χ4v) is 1.85. The maximum absolute atomic E-state index is 11.7. The van der Waals surface area contributed by atoms with Gasteiger partial charge in [0.15, 0.2) is 11.5 Å². The van der Waals surface area contributed by atoms with Gasteiger partial charge < -0.3 is 25.2 Å². The van der Waals surface area contributed by atoms with Crippen molar-refractivity contribution in [1.29, 1.82) is 0 Å². The smallest absolute Gasteiger partial charge is 0.326 e. The van der Waals surface area contributed by atoms with Gasteiger partial charge in [-0.3, -0.25) is 0 Å². The Morgan fingerprint density at radius 1 is 1.35 bits per heavy atom. The van der Waals surface area contributed by atoms with Crippen molar-refractivity contribution in [2.24, 2.45) is 0 Å². The molecule has 1 atom stereocenters. The van der Waals surface area contributed by atoms with Crippen molar-refractivity contribution in [3.8, 4) is 11.5 Å². The maximum Gasteiger partial charge on any atom is 0.326 e. The third kappa shape index (κ3) is 3.31. The van der Waals surface area contributed by atoms with E-state index in [1.807, 2.05) is 6.92 Å². The van der Waals surface area contributed by atoms with Crippen molar-refractivity contribution in [2.75, 3.05) is 12.1 Å². The second kappa shape index (κ2) is 6.14. The number of carboxylic acid groups (broad SMARTS) is 1. The zero-order valence-electron chi connectivity index (χ0n) is 11.0. The van der Waals surface area contributed by atoms with Gasteiger partial charge in [0, 0.05) is 11.8 Å². The van der Waals surface area contributed by atoms with Crippen molar-refractivity contribution in [3.63, 3.8) is 0 Å². The van der Waals surface area contributed by atoms with E-state index in [2.05, 4.69) is 10.6 Å². The Morgan fingerprint density at radius 3 is 2.80 bits per heavy atom. The van der Waals surface area contributed by atoms with E-state index >= 15 is 0 Å². The van der Waals surface area contributed by atoms with Gasteiger partial charge in [0.25, 0.3) is 0 Å². The van der Waals surface area contributed by atoms with Gasteiger partial charge in [0.05, 0.1) is 0 Å². The number of hydrogen-bond donors (Lipinski definition) is 3. The largest absolute Gasteiger partial charge is 0.480 e. The van der Waals surface area contributed by atoms with Crippen LogP contribution in [0.3, 0.4) is 0 Å². The molecule has 108 valence electrons. The van der Waals surface area contributed by atoms with Crippen LogP contribution in [0.25, 0.3) is 0 Å². The summed E-state index contributed by atoms with van der Waals surface area (Å²) in [5, 5.41) is 13.9. The van der Waals surface area contributed by atoms with Crippen LogP contribution < -0.4 is 20.1 Å². The number of amides is 2. The standard InChI is InChI=1S/C13H16N2O5/c1-2-3-9(12(16)17)15-13(18)14-8-4-5-10-11(6-8)20-7-19-10/h4-6,9H,2-3,7H2,1H3,(H,16,17)(H2,14,15,18)/t9-/m1/s1. The highest BCUT2D eigenvalue weighted by molar-refractivity contribution is 5.92. The molecule has 1 aromatic carbocycles. The lowest BCUT2D eigenvalue weighted by molar-refractivity contribution is -0.139. The molecule has 1 aliphatic rings. The number of anilines is 1. The van der Waals surface area contributed by atoms with Crippen LogP contribution in [-0.4, -0.2) is 29.9 Å². The van der Waals surface area contributed by atoms with Crippen molar-refractivity contribution < 1.29 is 24.2 Å². The Morgan fingerprint density at radius 2 is 2.10 bits per heavy atom. The third-order valence-electron chi connectivity index (χ3n) is 2.81. The minimum atomic E-state index is -1.05. The van der Waals surface area contributed by atoms with Crippen LogP contribution in [0, 0.1) is 0 Å². The Labute approximate surface area is 115 Å². The number of ether oxygens (including phenoxy) is 2. The predicted octanol–water partition coefficient (Wildman–Crippen LogP) is 1.79. The molecule has 3 N–H and O–H groups in total. The summed E-state index contributed by atoms with van der Waals surface area (Å²) >= 11 is 0. The first kappa shape index (κ1) is 14.0. The number of carbonyl (C=O) groups excluding carboxylic acids is 1. The van der Waals surface area contributed by atoms with Gasteiger partial charge in [-0.1, -0.05) is 13.3 Å².